The van der Waals surface area contributed by atoms with Crippen molar-refractivity contribution < 1.29 is 38.2 Å². The van der Waals surface area contributed by atoms with Crippen LogP contribution in [-0.4, -0.2) is 56.7 Å². The molecule has 0 aliphatic heterocycles. The molecule has 10 nitrogen and oxygen atoms in total. The van der Waals surface area contributed by atoms with Crippen LogP contribution in [0.1, 0.15) is 23.8 Å². The summed E-state index contributed by atoms with van der Waals surface area (Å²) >= 11 is 0. The van der Waals surface area contributed by atoms with Gasteiger partial charge in [0.2, 0.25) is 5.71 Å². The SMILES string of the molecule is CCOCc1cc(OC)c(-c2ccc(C[C@H](NC(=O)C(=NOC)c3ccco3)C(=O)O)cc2)c(OC)c1. The average Bonchev–Trinajstić information content (AvgIpc) is 3.44. The van der Waals surface area contributed by atoms with Gasteiger partial charge in [0.25, 0.3) is 5.91 Å². The number of hydrogen-bond donors (Lipinski definition) is 2. The molecule has 0 aliphatic rings. The van der Waals surface area contributed by atoms with E-state index in [1.54, 1.807) is 32.4 Å². The number of hydrogen-bond acceptors (Lipinski definition) is 8. The highest BCUT2D eigenvalue weighted by atomic mass is 16.6. The molecular formula is C27H30N2O8. The Morgan fingerprint density at radius 2 is 1.70 bits per heavy atom. The maximum Gasteiger partial charge on any atom is 0.326 e. The Kier molecular flexibility index (Phi) is 9.68. The van der Waals surface area contributed by atoms with Gasteiger partial charge in [0, 0.05) is 13.0 Å². The van der Waals surface area contributed by atoms with Gasteiger partial charge in [-0.2, -0.15) is 0 Å². The quantitative estimate of drug-likeness (QED) is 0.263. The Hall–Kier alpha value is -4.31. The summed E-state index contributed by atoms with van der Waals surface area (Å²) in [5, 5.41) is 15.9. The number of carboxylic acids is 1. The van der Waals surface area contributed by atoms with Crippen molar-refractivity contribution >= 4 is 17.6 Å². The third-order valence-electron chi connectivity index (χ3n) is 5.48. The van der Waals surface area contributed by atoms with E-state index in [0.29, 0.717) is 30.3 Å². The van der Waals surface area contributed by atoms with Crippen LogP contribution in [0.5, 0.6) is 11.5 Å². The van der Waals surface area contributed by atoms with E-state index in [9.17, 15) is 14.7 Å². The minimum Gasteiger partial charge on any atom is -0.496 e. The van der Waals surface area contributed by atoms with Crippen LogP contribution in [0.15, 0.2) is 64.4 Å². The minimum atomic E-state index is -1.21. The second-order valence-corrected chi connectivity index (χ2v) is 7.88. The molecule has 0 spiro atoms. The van der Waals surface area contributed by atoms with Gasteiger partial charge in [-0.15, -0.1) is 0 Å². The van der Waals surface area contributed by atoms with Gasteiger partial charge in [0.15, 0.2) is 5.76 Å². The Morgan fingerprint density at radius 1 is 1.03 bits per heavy atom. The summed E-state index contributed by atoms with van der Waals surface area (Å²) in [6, 6.07) is 13.0. The van der Waals surface area contributed by atoms with Gasteiger partial charge < -0.3 is 33.9 Å². The lowest BCUT2D eigenvalue weighted by molar-refractivity contribution is -0.141. The monoisotopic (exact) mass is 510 g/mol. The zero-order valence-corrected chi connectivity index (χ0v) is 21.1. The first-order chi connectivity index (χ1) is 17.9. The number of benzene rings is 2. The molecule has 0 saturated heterocycles. The van der Waals surface area contributed by atoms with Crippen molar-refractivity contribution in [2.75, 3.05) is 27.9 Å². The van der Waals surface area contributed by atoms with Crippen LogP contribution in [0.25, 0.3) is 11.1 Å². The van der Waals surface area contributed by atoms with Crippen molar-refractivity contribution in [1.29, 1.82) is 0 Å². The topological polar surface area (TPSA) is 129 Å². The number of ether oxygens (including phenoxy) is 3. The smallest absolute Gasteiger partial charge is 0.326 e. The zero-order chi connectivity index (χ0) is 26.8. The zero-order valence-electron chi connectivity index (χ0n) is 21.1. The lowest BCUT2D eigenvalue weighted by atomic mass is 9.98. The van der Waals surface area contributed by atoms with Crippen LogP contribution in [0, 0.1) is 0 Å². The standard InChI is InChI=1S/C27H30N2O8/c1-5-36-16-18-14-22(33-2)24(23(15-18)34-3)19-10-8-17(9-11-19)13-20(27(31)32)28-26(30)25(29-35-4)21-7-6-12-37-21/h6-12,14-15,20H,5,13,16H2,1-4H3,(H,28,30)(H,31,32)/t20-/m0/s1. The summed E-state index contributed by atoms with van der Waals surface area (Å²) in [4.78, 5) is 29.4. The molecule has 37 heavy (non-hydrogen) atoms. The molecule has 2 aromatic carbocycles. The average molecular weight is 511 g/mol. The number of nitrogens with one attached hydrogen (secondary N) is 1. The van der Waals surface area contributed by atoms with Crippen molar-refractivity contribution in [1.82, 2.24) is 5.32 Å². The van der Waals surface area contributed by atoms with Crippen molar-refractivity contribution in [2.24, 2.45) is 5.16 Å². The second-order valence-electron chi connectivity index (χ2n) is 7.88. The Bertz CT molecular complexity index is 1190. The van der Waals surface area contributed by atoms with E-state index in [1.165, 1.54) is 19.4 Å². The number of nitrogens with zero attached hydrogens (tertiary/aromatic N) is 1. The van der Waals surface area contributed by atoms with E-state index < -0.39 is 17.9 Å². The van der Waals surface area contributed by atoms with Crippen molar-refractivity contribution in [3.05, 3.63) is 71.7 Å². The number of amides is 1. The van der Waals surface area contributed by atoms with Gasteiger partial charge in [-0.1, -0.05) is 29.4 Å². The molecule has 0 fully saturated rings. The first-order valence-electron chi connectivity index (χ1n) is 11.5. The molecule has 0 bridgehead atoms. The fourth-order valence-corrected chi connectivity index (χ4v) is 3.73. The number of carboxylic acid groups (broad SMARTS) is 1. The van der Waals surface area contributed by atoms with Crippen molar-refractivity contribution in [2.45, 2.75) is 26.0 Å². The highest BCUT2D eigenvalue weighted by Crippen LogP contribution is 2.40. The van der Waals surface area contributed by atoms with Crippen LogP contribution < -0.4 is 14.8 Å². The Balaban J connectivity index is 1.81. The van der Waals surface area contributed by atoms with Crippen LogP contribution in [0.2, 0.25) is 0 Å². The van der Waals surface area contributed by atoms with E-state index in [-0.39, 0.29) is 17.9 Å². The predicted molar refractivity (Wildman–Crippen MR) is 136 cm³/mol. The largest absolute Gasteiger partial charge is 0.496 e. The summed E-state index contributed by atoms with van der Waals surface area (Å²) in [7, 11) is 4.45. The Morgan fingerprint density at radius 3 is 2.22 bits per heavy atom. The van der Waals surface area contributed by atoms with Crippen molar-refractivity contribution in [3.63, 3.8) is 0 Å². The molecule has 0 saturated carbocycles. The normalized spacial score (nSPS) is 12.1. The number of rotatable bonds is 13. The number of furan rings is 1. The maximum absolute atomic E-state index is 12.7. The van der Waals surface area contributed by atoms with Crippen LogP contribution in [-0.2, 0) is 32.2 Å². The molecule has 196 valence electrons. The van der Waals surface area contributed by atoms with Gasteiger partial charge >= 0.3 is 5.97 Å². The first kappa shape index (κ1) is 27.3. The van der Waals surface area contributed by atoms with Gasteiger partial charge in [0.05, 0.1) is 32.7 Å². The molecule has 3 rings (SSSR count). The van der Waals surface area contributed by atoms with Gasteiger partial charge in [-0.05, 0) is 47.9 Å². The third-order valence-corrected chi connectivity index (χ3v) is 5.48. The fraction of sp³-hybridized carbons (Fsp3) is 0.296. The minimum absolute atomic E-state index is 0.0430. The first-order valence-corrected chi connectivity index (χ1v) is 11.5. The summed E-state index contributed by atoms with van der Waals surface area (Å²) in [6.45, 7) is 2.95. The summed E-state index contributed by atoms with van der Waals surface area (Å²) in [5.41, 5.74) is 3.04. The maximum atomic E-state index is 12.7. The Labute approximate surface area is 214 Å². The van der Waals surface area contributed by atoms with Gasteiger partial charge in [0.1, 0.15) is 24.7 Å². The van der Waals surface area contributed by atoms with Crippen LogP contribution in [0.3, 0.4) is 0 Å². The lowest BCUT2D eigenvalue weighted by Crippen LogP contribution is -2.45. The molecule has 0 aliphatic carbocycles. The molecule has 2 N–H and O–H groups in total. The molecule has 0 radical (unpaired) electrons. The second kappa shape index (κ2) is 13.1. The third kappa shape index (κ3) is 6.89. The van der Waals surface area contributed by atoms with Crippen LogP contribution >= 0.6 is 0 Å². The lowest BCUT2D eigenvalue weighted by Gasteiger charge is -2.17. The number of aliphatic carboxylic acids is 1. The van der Waals surface area contributed by atoms with Crippen LogP contribution in [0.4, 0.5) is 0 Å². The number of oxime groups is 1. The molecule has 10 heteroatoms. The summed E-state index contributed by atoms with van der Waals surface area (Å²) in [6.07, 6.45) is 1.42. The number of methoxy groups -OCH3 is 2. The number of carbonyl (C=O) groups excluding carboxylic acids is 1. The van der Waals surface area contributed by atoms with E-state index in [2.05, 4.69) is 10.5 Å². The van der Waals surface area contributed by atoms with E-state index in [0.717, 1.165) is 16.7 Å². The molecule has 1 heterocycles. The highest BCUT2D eigenvalue weighted by Gasteiger charge is 2.26. The van der Waals surface area contributed by atoms with Crippen molar-refractivity contribution in [3.8, 4) is 22.6 Å². The molecule has 1 aromatic heterocycles. The van der Waals surface area contributed by atoms with Gasteiger partial charge in [-0.25, -0.2) is 4.79 Å². The van der Waals surface area contributed by atoms with E-state index in [1.807, 2.05) is 31.2 Å². The summed E-state index contributed by atoms with van der Waals surface area (Å²) < 4.78 is 21.9. The highest BCUT2D eigenvalue weighted by molar-refractivity contribution is 6.44. The molecule has 0 unspecified atom stereocenters. The number of carbonyl (C=O) groups is 2. The van der Waals surface area contributed by atoms with E-state index >= 15 is 0 Å². The van der Waals surface area contributed by atoms with E-state index in [4.69, 9.17) is 23.5 Å². The van der Waals surface area contributed by atoms with Gasteiger partial charge in [-0.3, -0.25) is 4.79 Å². The predicted octanol–water partition coefficient (Wildman–Crippen LogP) is 3.66. The fourth-order valence-electron chi connectivity index (χ4n) is 3.73. The summed E-state index contributed by atoms with van der Waals surface area (Å²) in [5.74, 6) is -0.520. The molecular weight excluding hydrogens is 480 g/mol. The molecule has 3 aromatic rings. The molecule has 1 amide bonds. The molecule has 1 atom stereocenters.